The van der Waals surface area contributed by atoms with Crippen LogP contribution in [0.3, 0.4) is 0 Å². The van der Waals surface area contributed by atoms with Gasteiger partial charge in [0.1, 0.15) is 11.6 Å². The van der Waals surface area contributed by atoms with E-state index >= 15 is 0 Å². The number of nitrogens with one attached hydrogen (secondary N) is 1. The summed E-state index contributed by atoms with van der Waals surface area (Å²) in [7, 11) is 1.80. The Bertz CT molecular complexity index is 885. The van der Waals surface area contributed by atoms with Gasteiger partial charge in [-0.25, -0.2) is 18.7 Å². The van der Waals surface area contributed by atoms with E-state index in [-0.39, 0.29) is 11.3 Å². The molecule has 0 radical (unpaired) electrons. The molecular formula is C18H14F2N4O. The molecule has 0 bridgehead atoms. The number of benzene rings is 2. The Balaban J connectivity index is 1.74. The maximum atomic E-state index is 13.6. The molecule has 5 nitrogen and oxygen atoms in total. The van der Waals surface area contributed by atoms with Crippen LogP contribution in [0.25, 0.3) is 0 Å². The van der Waals surface area contributed by atoms with E-state index in [9.17, 15) is 13.6 Å². The van der Waals surface area contributed by atoms with Crippen LogP contribution in [0.2, 0.25) is 0 Å². The van der Waals surface area contributed by atoms with Crippen LogP contribution in [0.4, 0.5) is 26.1 Å². The van der Waals surface area contributed by atoms with E-state index in [1.165, 1.54) is 12.4 Å². The van der Waals surface area contributed by atoms with E-state index < -0.39 is 17.5 Å². The fraction of sp³-hybridized carbons (Fsp3) is 0.0556. The van der Waals surface area contributed by atoms with Gasteiger partial charge in [-0.15, -0.1) is 0 Å². The van der Waals surface area contributed by atoms with Crippen molar-refractivity contribution in [2.45, 2.75) is 0 Å². The van der Waals surface area contributed by atoms with Crippen LogP contribution in [0.1, 0.15) is 10.4 Å². The summed E-state index contributed by atoms with van der Waals surface area (Å²) in [6, 6.07) is 12.4. The van der Waals surface area contributed by atoms with Crippen molar-refractivity contribution in [3.05, 3.63) is 78.1 Å². The van der Waals surface area contributed by atoms with Crippen LogP contribution in [0.5, 0.6) is 0 Å². The number of nitrogens with zero attached hydrogens (tertiary/aromatic N) is 3. The second kappa shape index (κ2) is 7.04. The van der Waals surface area contributed by atoms with Gasteiger partial charge in [0.25, 0.3) is 5.91 Å². The van der Waals surface area contributed by atoms with Crippen molar-refractivity contribution in [1.29, 1.82) is 0 Å². The topological polar surface area (TPSA) is 58.1 Å². The first-order chi connectivity index (χ1) is 12.0. The molecule has 0 saturated heterocycles. The molecule has 0 atom stereocenters. The van der Waals surface area contributed by atoms with Gasteiger partial charge in [-0.3, -0.25) is 4.79 Å². The van der Waals surface area contributed by atoms with Gasteiger partial charge in [-0.05, 0) is 24.3 Å². The number of carbonyl (C=O) groups is 1. The zero-order valence-corrected chi connectivity index (χ0v) is 13.3. The Morgan fingerprint density at radius 2 is 1.72 bits per heavy atom. The lowest BCUT2D eigenvalue weighted by Gasteiger charge is -2.16. The minimum atomic E-state index is -0.852. The summed E-state index contributed by atoms with van der Waals surface area (Å²) in [6.07, 6.45) is 2.69. The number of amides is 1. The molecule has 0 spiro atoms. The summed E-state index contributed by atoms with van der Waals surface area (Å²) in [5.41, 5.74) is 0.943. The molecule has 3 rings (SSSR count). The Morgan fingerprint density at radius 1 is 1.04 bits per heavy atom. The Labute approximate surface area is 143 Å². The van der Waals surface area contributed by atoms with Gasteiger partial charge in [0.2, 0.25) is 5.95 Å². The van der Waals surface area contributed by atoms with Crippen molar-refractivity contribution in [2.24, 2.45) is 0 Å². The highest BCUT2D eigenvalue weighted by Crippen LogP contribution is 2.19. The van der Waals surface area contributed by atoms with Crippen LogP contribution >= 0.6 is 0 Å². The van der Waals surface area contributed by atoms with Gasteiger partial charge in [-0.2, -0.15) is 0 Å². The lowest BCUT2D eigenvalue weighted by atomic mass is 10.2. The zero-order valence-electron chi connectivity index (χ0n) is 13.3. The predicted molar refractivity (Wildman–Crippen MR) is 90.8 cm³/mol. The molecule has 0 aliphatic rings. The van der Waals surface area contributed by atoms with Crippen molar-refractivity contribution in [3.63, 3.8) is 0 Å². The van der Waals surface area contributed by atoms with Crippen molar-refractivity contribution >= 4 is 23.2 Å². The van der Waals surface area contributed by atoms with Gasteiger partial charge >= 0.3 is 0 Å². The van der Waals surface area contributed by atoms with Gasteiger partial charge in [0, 0.05) is 31.2 Å². The summed E-state index contributed by atoms with van der Waals surface area (Å²) in [6.45, 7) is 0. The number of anilines is 3. The molecule has 3 aromatic rings. The number of hydrogen-bond acceptors (Lipinski definition) is 4. The zero-order chi connectivity index (χ0) is 17.8. The molecule has 0 fully saturated rings. The first-order valence-corrected chi connectivity index (χ1v) is 7.42. The van der Waals surface area contributed by atoms with Crippen LogP contribution in [0, 0.1) is 11.6 Å². The molecule has 1 N–H and O–H groups in total. The maximum Gasteiger partial charge on any atom is 0.258 e. The summed E-state index contributed by atoms with van der Waals surface area (Å²) < 4.78 is 26.5. The monoisotopic (exact) mass is 340 g/mol. The lowest BCUT2D eigenvalue weighted by molar-refractivity contribution is 0.102. The molecule has 0 aliphatic carbocycles. The van der Waals surface area contributed by atoms with E-state index in [4.69, 9.17) is 0 Å². The van der Waals surface area contributed by atoms with Gasteiger partial charge in [0.05, 0.1) is 11.3 Å². The number of halogens is 2. The number of hydrogen-bond donors (Lipinski definition) is 1. The number of carbonyl (C=O) groups excluding carboxylic acids is 1. The molecule has 1 aromatic heterocycles. The first kappa shape index (κ1) is 16.5. The molecule has 0 aliphatic heterocycles. The molecule has 2 aromatic carbocycles. The molecule has 126 valence electrons. The fourth-order valence-corrected chi connectivity index (χ4v) is 2.16. The minimum absolute atomic E-state index is 0.114. The molecule has 1 amide bonds. The van der Waals surface area contributed by atoms with Crippen LogP contribution in [-0.2, 0) is 0 Å². The van der Waals surface area contributed by atoms with Gasteiger partial charge in [-0.1, -0.05) is 18.2 Å². The fourth-order valence-electron chi connectivity index (χ4n) is 2.16. The number of rotatable bonds is 4. The van der Waals surface area contributed by atoms with E-state index in [1.807, 2.05) is 30.3 Å². The molecule has 0 unspecified atom stereocenters. The smallest absolute Gasteiger partial charge is 0.258 e. The normalized spacial score (nSPS) is 10.4. The average Bonchev–Trinajstić information content (AvgIpc) is 2.64. The highest BCUT2D eigenvalue weighted by atomic mass is 19.1. The SMILES string of the molecule is CN(c1ccccc1)c1ncc(C(=O)Nc2ccc(F)cc2F)cn1. The van der Waals surface area contributed by atoms with Crippen molar-refractivity contribution < 1.29 is 13.6 Å². The van der Waals surface area contributed by atoms with E-state index in [0.29, 0.717) is 12.0 Å². The molecule has 1 heterocycles. The van der Waals surface area contributed by atoms with Crippen LogP contribution in [0.15, 0.2) is 60.9 Å². The molecular weight excluding hydrogens is 326 g/mol. The summed E-state index contributed by atoms with van der Waals surface area (Å²) >= 11 is 0. The highest BCUT2D eigenvalue weighted by Gasteiger charge is 2.12. The lowest BCUT2D eigenvalue weighted by Crippen LogP contribution is -2.16. The van der Waals surface area contributed by atoms with Gasteiger partial charge in [0.15, 0.2) is 0 Å². The largest absolute Gasteiger partial charge is 0.319 e. The highest BCUT2D eigenvalue weighted by molar-refractivity contribution is 6.03. The predicted octanol–water partition coefficient (Wildman–Crippen LogP) is 3.78. The van der Waals surface area contributed by atoms with Crippen molar-refractivity contribution in [1.82, 2.24) is 9.97 Å². The van der Waals surface area contributed by atoms with Crippen LogP contribution in [-0.4, -0.2) is 22.9 Å². The summed E-state index contributed by atoms with van der Waals surface area (Å²) in [5.74, 6) is -1.74. The number of para-hydroxylation sites is 1. The van der Waals surface area contributed by atoms with Crippen molar-refractivity contribution in [2.75, 3.05) is 17.3 Å². The van der Waals surface area contributed by atoms with Crippen molar-refractivity contribution in [3.8, 4) is 0 Å². The third-order valence-corrected chi connectivity index (χ3v) is 3.52. The maximum absolute atomic E-state index is 13.6. The second-order valence-electron chi connectivity index (χ2n) is 5.24. The molecule has 7 heteroatoms. The average molecular weight is 340 g/mol. The summed E-state index contributed by atoms with van der Waals surface area (Å²) in [5, 5.41) is 2.36. The third kappa shape index (κ3) is 3.77. The minimum Gasteiger partial charge on any atom is -0.319 e. The third-order valence-electron chi connectivity index (χ3n) is 3.52. The van der Waals surface area contributed by atoms with E-state index in [2.05, 4.69) is 15.3 Å². The first-order valence-electron chi connectivity index (χ1n) is 7.42. The number of aromatic nitrogens is 2. The van der Waals surface area contributed by atoms with E-state index in [1.54, 1.807) is 11.9 Å². The second-order valence-corrected chi connectivity index (χ2v) is 5.24. The van der Waals surface area contributed by atoms with Gasteiger partial charge < -0.3 is 10.2 Å². The summed E-state index contributed by atoms with van der Waals surface area (Å²) in [4.78, 5) is 22.2. The molecule has 0 saturated carbocycles. The molecule has 25 heavy (non-hydrogen) atoms. The van der Waals surface area contributed by atoms with Crippen LogP contribution < -0.4 is 10.2 Å². The Hall–Kier alpha value is -3.35. The quantitative estimate of drug-likeness (QED) is 0.785. The Morgan fingerprint density at radius 3 is 2.36 bits per heavy atom. The Kier molecular flexibility index (Phi) is 4.65. The van der Waals surface area contributed by atoms with E-state index in [0.717, 1.165) is 17.8 Å². The standard InChI is InChI=1S/C18H14F2N4O/c1-24(14-5-3-2-4-6-14)18-21-10-12(11-22-18)17(25)23-16-8-7-13(19)9-15(16)20/h2-11H,1H3,(H,23,25).